The van der Waals surface area contributed by atoms with Crippen molar-refractivity contribution in [3.63, 3.8) is 0 Å². The highest BCUT2D eigenvalue weighted by atomic mass is 79.9. The lowest BCUT2D eigenvalue weighted by Crippen LogP contribution is -2.15. The summed E-state index contributed by atoms with van der Waals surface area (Å²) in [5, 5.41) is 6.05. The third-order valence-corrected chi connectivity index (χ3v) is 3.46. The zero-order chi connectivity index (χ0) is 13.9. The van der Waals surface area contributed by atoms with E-state index in [1.807, 2.05) is 24.3 Å². The van der Waals surface area contributed by atoms with E-state index >= 15 is 0 Å². The topological polar surface area (TPSA) is 66.9 Å². The van der Waals surface area contributed by atoms with Gasteiger partial charge in [0.25, 0.3) is 5.91 Å². The number of carbonyl (C=O) groups is 1. The van der Waals surface area contributed by atoms with Crippen molar-refractivity contribution in [2.45, 2.75) is 18.9 Å². The van der Waals surface area contributed by atoms with Gasteiger partial charge in [0.15, 0.2) is 0 Å². The smallest absolute Gasteiger partial charge is 0.274 e. The molecule has 0 atom stereocenters. The maximum atomic E-state index is 12.1. The van der Waals surface area contributed by atoms with Crippen molar-refractivity contribution in [2.24, 2.45) is 0 Å². The van der Waals surface area contributed by atoms with Crippen molar-refractivity contribution in [1.82, 2.24) is 9.97 Å². The van der Waals surface area contributed by atoms with E-state index in [1.54, 1.807) is 6.07 Å². The van der Waals surface area contributed by atoms with Crippen LogP contribution in [0.1, 0.15) is 23.3 Å². The van der Waals surface area contributed by atoms with Crippen LogP contribution < -0.4 is 10.6 Å². The van der Waals surface area contributed by atoms with Gasteiger partial charge in [-0.25, -0.2) is 9.97 Å². The Kier molecular flexibility index (Phi) is 3.64. The van der Waals surface area contributed by atoms with Gasteiger partial charge in [-0.3, -0.25) is 4.79 Å². The van der Waals surface area contributed by atoms with Gasteiger partial charge in [-0.2, -0.15) is 0 Å². The van der Waals surface area contributed by atoms with Gasteiger partial charge >= 0.3 is 0 Å². The molecule has 0 aliphatic heterocycles. The van der Waals surface area contributed by atoms with Crippen LogP contribution in [0.15, 0.2) is 41.1 Å². The maximum absolute atomic E-state index is 12.1. The molecule has 20 heavy (non-hydrogen) atoms. The second kappa shape index (κ2) is 5.58. The third kappa shape index (κ3) is 3.33. The molecular weight excluding hydrogens is 320 g/mol. The number of hydrogen-bond donors (Lipinski definition) is 2. The molecule has 1 heterocycles. The van der Waals surface area contributed by atoms with Gasteiger partial charge < -0.3 is 10.6 Å². The zero-order valence-electron chi connectivity index (χ0n) is 10.6. The van der Waals surface area contributed by atoms with E-state index in [-0.39, 0.29) is 5.91 Å². The minimum atomic E-state index is -0.242. The fourth-order valence-corrected chi connectivity index (χ4v) is 1.99. The van der Waals surface area contributed by atoms with E-state index in [4.69, 9.17) is 0 Å². The van der Waals surface area contributed by atoms with Crippen molar-refractivity contribution in [2.75, 3.05) is 10.6 Å². The Morgan fingerprint density at radius 2 is 1.95 bits per heavy atom. The zero-order valence-corrected chi connectivity index (χ0v) is 12.2. The second-order valence-electron chi connectivity index (χ2n) is 4.67. The third-order valence-electron chi connectivity index (χ3n) is 2.93. The molecule has 0 saturated heterocycles. The second-order valence-corrected chi connectivity index (χ2v) is 5.58. The van der Waals surface area contributed by atoms with Crippen LogP contribution in [0.25, 0.3) is 0 Å². The number of rotatable bonds is 4. The number of nitrogens with zero attached hydrogens (tertiary/aromatic N) is 2. The first kappa shape index (κ1) is 13.1. The van der Waals surface area contributed by atoms with Gasteiger partial charge in [0, 0.05) is 22.3 Å². The van der Waals surface area contributed by atoms with E-state index in [2.05, 4.69) is 36.5 Å². The molecule has 5 nitrogen and oxygen atoms in total. The predicted octanol–water partition coefficient (Wildman–Crippen LogP) is 3.07. The number of amides is 1. The monoisotopic (exact) mass is 332 g/mol. The summed E-state index contributed by atoms with van der Waals surface area (Å²) in [5.41, 5.74) is 1.08. The molecule has 1 aliphatic carbocycles. The molecule has 1 aliphatic rings. The lowest BCUT2D eigenvalue weighted by Gasteiger charge is -2.07. The Hall–Kier alpha value is -1.95. The summed E-state index contributed by atoms with van der Waals surface area (Å²) in [5.74, 6) is 0.456. The van der Waals surface area contributed by atoms with Crippen molar-refractivity contribution in [3.8, 4) is 0 Å². The Labute approximate surface area is 125 Å². The Balaban J connectivity index is 1.71. The number of halogens is 1. The van der Waals surface area contributed by atoms with Crippen molar-refractivity contribution in [3.05, 3.63) is 46.8 Å². The predicted molar refractivity (Wildman–Crippen MR) is 80.8 cm³/mol. The molecule has 2 N–H and O–H groups in total. The minimum Gasteiger partial charge on any atom is -0.367 e. The molecule has 0 bridgehead atoms. The molecule has 2 aromatic rings. The van der Waals surface area contributed by atoms with Crippen LogP contribution >= 0.6 is 15.9 Å². The van der Waals surface area contributed by atoms with Crippen LogP contribution in [0, 0.1) is 0 Å². The average Bonchev–Trinajstić information content (AvgIpc) is 3.25. The van der Waals surface area contributed by atoms with E-state index in [9.17, 15) is 4.79 Å². The highest BCUT2D eigenvalue weighted by molar-refractivity contribution is 9.10. The number of benzene rings is 1. The number of nitrogens with one attached hydrogen (secondary N) is 2. The summed E-state index contributed by atoms with van der Waals surface area (Å²) in [7, 11) is 0. The molecule has 0 radical (unpaired) electrons. The fourth-order valence-electron chi connectivity index (χ4n) is 1.73. The first-order chi connectivity index (χ1) is 9.70. The molecule has 1 fully saturated rings. The van der Waals surface area contributed by atoms with Crippen molar-refractivity contribution >= 4 is 33.3 Å². The van der Waals surface area contributed by atoms with Gasteiger partial charge in [-0.15, -0.1) is 0 Å². The standard InChI is InChI=1S/C14H13BrN4O/c15-9-1-3-11(4-2-9)19-14(20)12-7-13(17-8-16-12)18-10-5-6-10/h1-4,7-8,10H,5-6H2,(H,19,20)(H,16,17,18). The van der Waals surface area contributed by atoms with E-state index < -0.39 is 0 Å². The molecule has 102 valence electrons. The quantitative estimate of drug-likeness (QED) is 0.902. The average molecular weight is 333 g/mol. The minimum absolute atomic E-state index is 0.242. The number of carbonyl (C=O) groups excluding carboxylic acids is 1. The van der Waals surface area contributed by atoms with Gasteiger partial charge in [0.2, 0.25) is 0 Å². The van der Waals surface area contributed by atoms with E-state index in [0.29, 0.717) is 17.6 Å². The number of anilines is 2. The molecule has 6 heteroatoms. The van der Waals surface area contributed by atoms with Crippen LogP contribution in [0.2, 0.25) is 0 Å². The highest BCUT2D eigenvalue weighted by Crippen LogP contribution is 2.23. The summed E-state index contributed by atoms with van der Waals surface area (Å²) >= 11 is 3.35. The Bertz CT molecular complexity index is 625. The molecule has 1 saturated carbocycles. The molecule has 3 rings (SSSR count). The summed E-state index contributed by atoms with van der Waals surface area (Å²) in [6, 6.07) is 9.56. The maximum Gasteiger partial charge on any atom is 0.274 e. The summed E-state index contributed by atoms with van der Waals surface area (Å²) < 4.78 is 0.966. The molecule has 1 aromatic carbocycles. The van der Waals surface area contributed by atoms with Crippen LogP contribution in [-0.4, -0.2) is 21.9 Å². The van der Waals surface area contributed by atoms with Crippen molar-refractivity contribution < 1.29 is 4.79 Å². The molecule has 1 aromatic heterocycles. The van der Waals surface area contributed by atoms with Crippen molar-refractivity contribution in [1.29, 1.82) is 0 Å². The summed E-state index contributed by atoms with van der Waals surface area (Å²) in [6.45, 7) is 0. The highest BCUT2D eigenvalue weighted by Gasteiger charge is 2.21. The fraction of sp³-hybridized carbons (Fsp3) is 0.214. The van der Waals surface area contributed by atoms with Gasteiger partial charge in [0.05, 0.1) is 0 Å². The van der Waals surface area contributed by atoms with Gasteiger partial charge in [0.1, 0.15) is 17.8 Å². The SMILES string of the molecule is O=C(Nc1ccc(Br)cc1)c1cc(NC2CC2)ncn1. The van der Waals surface area contributed by atoms with Crippen LogP contribution in [0.5, 0.6) is 0 Å². The summed E-state index contributed by atoms with van der Waals surface area (Å²) in [6.07, 6.45) is 3.72. The Morgan fingerprint density at radius 1 is 1.20 bits per heavy atom. The summed E-state index contributed by atoms with van der Waals surface area (Å²) in [4.78, 5) is 20.2. The Morgan fingerprint density at radius 3 is 2.65 bits per heavy atom. The van der Waals surface area contributed by atoms with Gasteiger partial charge in [-0.1, -0.05) is 15.9 Å². The first-order valence-corrected chi connectivity index (χ1v) is 7.15. The molecule has 0 unspecified atom stereocenters. The number of hydrogen-bond acceptors (Lipinski definition) is 4. The first-order valence-electron chi connectivity index (χ1n) is 6.36. The van der Waals surface area contributed by atoms with Gasteiger partial charge in [-0.05, 0) is 37.1 Å². The van der Waals surface area contributed by atoms with Crippen LogP contribution in [-0.2, 0) is 0 Å². The van der Waals surface area contributed by atoms with Crippen LogP contribution in [0.3, 0.4) is 0 Å². The lowest BCUT2D eigenvalue weighted by molar-refractivity contribution is 0.102. The molecule has 0 spiro atoms. The van der Waals surface area contributed by atoms with E-state index in [0.717, 1.165) is 23.0 Å². The molecule has 1 amide bonds. The normalized spacial score (nSPS) is 13.8. The molecular formula is C14H13BrN4O. The van der Waals surface area contributed by atoms with Crippen LogP contribution in [0.4, 0.5) is 11.5 Å². The largest absolute Gasteiger partial charge is 0.367 e. The lowest BCUT2D eigenvalue weighted by atomic mass is 10.3. The number of aromatic nitrogens is 2. The van der Waals surface area contributed by atoms with E-state index in [1.165, 1.54) is 6.33 Å².